The van der Waals surface area contributed by atoms with E-state index in [1.54, 1.807) is 18.5 Å². The average molecular weight is 317 g/mol. The Morgan fingerprint density at radius 2 is 2.16 bits per heavy atom. The maximum absolute atomic E-state index is 12.6. The molecular weight excluding hydrogens is 304 g/mol. The van der Waals surface area contributed by atoms with Gasteiger partial charge < -0.3 is 0 Å². The molecule has 0 saturated heterocycles. The Bertz CT molecular complexity index is 610. The number of aryl methyl sites for hydroxylation is 1. The molecule has 1 aliphatic carbocycles. The molecule has 1 unspecified atom stereocenters. The molecule has 2 heterocycles. The zero-order chi connectivity index (χ0) is 13.2. The van der Waals surface area contributed by atoms with Crippen LogP contribution in [0.1, 0.15) is 40.5 Å². The number of pyridine rings is 2. The lowest BCUT2D eigenvalue weighted by atomic mass is 9.83. The summed E-state index contributed by atoms with van der Waals surface area (Å²) in [6.07, 6.45) is 6.34. The van der Waals surface area contributed by atoms with Gasteiger partial charge in [0, 0.05) is 16.9 Å². The van der Waals surface area contributed by atoms with E-state index in [4.69, 9.17) is 0 Å². The van der Waals surface area contributed by atoms with Crippen LogP contribution in [-0.4, -0.2) is 15.8 Å². The molecule has 0 amide bonds. The molecule has 0 radical (unpaired) electrons. The third-order valence-corrected chi connectivity index (χ3v) is 3.96. The monoisotopic (exact) mass is 316 g/mol. The minimum absolute atomic E-state index is 0.0761. The second-order valence-corrected chi connectivity index (χ2v) is 5.63. The molecule has 0 spiro atoms. The van der Waals surface area contributed by atoms with Crippen LogP contribution >= 0.6 is 15.9 Å². The van der Waals surface area contributed by atoms with Crippen LogP contribution in [0.2, 0.25) is 0 Å². The highest BCUT2D eigenvalue weighted by molar-refractivity contribution is 9.10. The molecular formula is C15H13BrN2O. The van der Waals surface area contributed by atoms with Crippen molar-refractivity contribution in [2.24, 2.45) is 0 Å². The van der Waals surface area contributed by atoms with Crippen molar-refractivity contribution in [3.05, 3.63) is 58.1 Å². The molecule has 0 N–H and O–H groups in total. The van der Waals surface area contributed by atoms with Crippen LogP contribution < -0.4 is 0 Å². The fourth-order valence-corrected chi connectivity index (χ4v) is 2.80. The predicted octanol–water partition coefficient (Wildman–Crippen LogP) is 3.54. The summed E-state index contributed by atoms with van der Waals surface area (Å²) in [5.41, 5.74) is 2.65. The number of carbonyl (C=O) groups excluding carboxylic acids is 1. The highest BCUT2D eigenvalue weighted by Crippen LogP contribution is 2.32. The van der Waals surface area contributed by atoms with Gasteiger partial charge in [0.15, 0.2) is 5.78 Å². The first-order valence-corrected chi connectivity index (χ1v) is 7.14. The number of nitrogens with zero attached hydrogens (tertiary/aromatic N) is 2. The summed E-state index contributed by atoms with van der Waals surface area (Å²) >= 11 is 3.33. The largest absolute Gasteiger partial charge is 0.292 e. The normalized spacial score (nSPS) is 17.8. The van der Waals surface area contributed by atoms with E-state index in [9.17, 15) is 4.79 Å². The number of Topliss-reactive ketones (excluding diaryl/α,β-unsaturated/α-hetero) is 1. The van der Waals surface area contributed by atoms with Crippen LogP contribution in [-0.2, 0) is 6.42 Å². The van der Waals surface area contributed by atoms with E-state index in [0.717, 1.165) is 29.4 Å². The minimum Gasteiger partial charge on any atom is -0.292 e. The van der Waals surface area contributed by atoms with Gasteiger partial charge in [0.05, 0.1) is 11.6 Å². The first kappa shape index (κ1) is 12.5. The minimum atomic E-state index is -0.140. The van der Waals surface area contributed by atoms with E-state index >= 15 is 0 Å². The maximum Gasteiger partial charge on any atom is 0.190 e. The summed E-state index contributed by atoms with van der Waals surface area (Å²) < 4.78 is 0.881. The van der Waals surface area contributed by atoms with Crippen LogP contribution in [0.15, 0.2) is 41.1 Å². The van der Waals surface area contributed by atoms with Crippen LogP contribution in [0.4, 0.5) is 0 Å². The van der Waals surface area contributed by atoms with Crippen LogP contribution in [0, 0.1) is 0 Å². The predicted molar refractivity (Wildman–Crippen MR) is 76.2 cm³/mol. The van der Waals surface area contributed by atoms with Gasteiger partial charge in [-0.05, 0) is 59.0 Å². The Hall–Kier alpha value is -1.55. The van der Waals surface area contributed by atoms with Gasteiger partial charge in [0.1, 0.15) is 5.69 Å². The third kappa shape index (κ3) is 2.45. The van der Waals surface area contributed by atoms with Crippen molar-refractivity contribution in [3.63, 3.8) is 0 Å². The topological polar surface area (TPSA) is 42.9 Å². The first-order valence-electron chi connectivity index (χ1n) is 6.35. The van der Waals surface area contributed by atoms with E-state index in [1.807, 2.05) is 12.1 Å². The third-order valence-electron chi connectivity index (χ3n) is 3.49. The molecule has 2 aromatic heterocycles. The number of rotatable bonds is 2. The highest BCUT2D eigenvalue weighted by atomic mass is 79.9. The number of carbonyl (C=O) groups is 1. The smallest absolute Gasteiger partial charge is 0.190 e. The summed E-state index contributed by atoms with van der Waals surface area (Å²) in [6.45, 7) is 0. The molecule has 4 heteroatoms. The fraction of sp³-hybridized carbons (Fsp3) is 0.267. The van der Waals surface area contributed by atoms with Crippen molar-refractivity contribution in [2.45, 2.75) is 25.2 Å². The lowest BCUT2D eigenvalue weighted by Gasteiger charge is -2.22. The molecule has 3 nitrogen and oxygen atoms in total. The summed E-state index contributed by atoms with van der Waals surface area (Å²) in [5.74, 6) is -0.0641. The first-order chi connectivity index (χ1) is 9.25. The van der Waals surface area contributed by atoms with Crippen molar-refractivity contribution < 1.29 is 4.79 Å². The summed E-state index contributed by atoms with van der Waals surface area (Å²) in [6, 6.07) is 7.62. The molecule has 1 atom stereocenters. The number of hydrogen-bond acceptors (Lipinski definition) is 3. The van der Waals surface area contributed by atoms with E-state index in [2.05, 4.69) is 32.0 Å². The number of fused-ring (bicyclic) bond motifs is 1. The molecule has 19 heavy (non-hydrogen) atoms. The van der Waals surface area contributed by atoms with Crippen molar-refractivity contribution in [3.8, 4) is 0 Å². The Morgan fingerprint density at radius 1 is 1.26 bits per heavy atom. The standard InChI is InChI=1S/C15H13BrN2O/c16-11-6-7-13(18-9-11)15(19)12-5-1-3-10-4-2-8-17-14(10)12/h2,4,6-9,12H,1,3,5H2. The van der Waals surface area contributed by atoms with Gasteiger partial charge in [-0.15, -0.1) is 0 Å². The zero-order valence-corrected chi connectivity index (χ0v) is 11.9. The zero-order valence-electron chi connectivity index (χ0n) is 10.3. The van der Waals surface area contributed by atoms with Crippen molar-refractivity contribution in [1.29, 1.82) is 0 Å². The molecule has 2 aromatic rings. The molecule has 0 aromatic carbocycles. The van der Waals surface area contributed by atoms with Gasteiger partial charge >= 0.3 is 0 Å². The van der Waals surface area contributed by atoms with Crippen LogP contribution in [0.25, 0.3) is 0 Å². The number of aromatic nitrogens is 2. The fourth-order valence-electron chi connectivity index (χ4n) is 2.56. The van der Waals surface area contributed by atoms with Crippen molar-refractivity contribution >= 4 is 21.7 Å². The second kappa shape index (κ2) is 5.21. The van der Waals surface area contributed by atoms with Crippen LogP contribution in [0.5, 0.6) is 0 Å². The SMILES string of the molecule is O=C(c1ccc(Br)cn1)C1CCCc2cccnc21. The number of hydrogen-bond donors (Lipinski definition) is 0. The van der Waals surface area contributed by atoms with Gasteiger partial charge in [0.25, 0.3) is 0 Å². The van der Waals surface area contributed by atoms with Gasteiger partial charge in [-0.25, -0.2) is 0 Å². The molecule has 96 valence electrons. The lowest BCUT2D eigenvalue weighted by Crippen LogP contribution is -2.20. The Labute approximate surface area is 120 Å². The molecule has 0 saturated carbocycles. The van der Waals surface area contributed by atoms with Crippen molar-refractivity contribution in [2.75, 3.05) is 0 Å². The summed E-state index contributed by atoms with van der Waals surface area (Å²) in [5, 5.41) is 0. The van der Waals surface area contributed by atoms with Crippen molar-refractivity contribution in [1.82, 2.24) is 9.97 Å². The second-order valence-electron chi connectivity index (χ2n) is 4.72. The quantitative estimate of drug-likeness (QED) is 0.796. The Balaban J connectivity index is 1.95. The maximum atomic E-state index is 12.6. The van der Waals surface area contributed by atoms with Gasteiger partial charge in [-0.2, -0.15) is 0 Å². The van der Waals surface area contributed by atoms with Gasteiger partial charge in [-0.3, -0.25) is 14.8 Å². The average Bonchev–Trinajstić information content (AvgIpc) is 2.47. The number of halogens is 1. The molecule has 0 bridgehead atoms. The Kier molecular flexibility index (Phi) is 3.42. The molecule has 1 aliphatic rings. The van der Waals surface area contributed by atoms with E-state index in [-0.39, 0.29) is 11.7 Å². The number of ketones is 1. The summed E-state index contributed by atoms with van der Waals surface area (Å²) in [7, 11) is 0. The van der Waals surface area contributed by atoms with Crippen LogP contribution in [0.3, 0.4) is 0 Å². The molecule has 3 rings (SSSR count). The summed E-state index contributed by atoms with van der Waals surface area (Å²) in [4.78, 5) is 21.2. The van der Waals surface area contributed by atoms with E-state index in [1.165, 1.54) is 5.56 Å². The van der Waals surface area contributed by atoms with E-state index in [0.29, 0.717) is 5.69 Å². The highest BCUT2D eigenvalue weighted by Gasteiger charge is 2.28. The van der Waals surface area contributed by atoms with Gasteiger partial charge in [-0.1, -0.05) is 6.07 Å². The van der Waals surface area contributed by atoms with Gasteiger partial charge in [0.2, 0.25) is 0 Å². The molecule has 0 aliphatic heterocycles. The molecule has 0 fully saturated rings. The van der Waals surface area contributed by atoms with E-state index < -0.39 is 0 Å². The Morgan fingerprint density at radius 3 is 2.95 bits per heavy atom. The lowest BCUT2D eigenvalue weighted by molar-refractivity contribution is 0.0944.